The fourth-order valence-electron chi connectivity index (χ4n) is 3.76. The van der Waals surface area contributed by atoms with Gasteiger partial charge in [0.05, 0.1) is 12.4 Å². The van der Waals surface area contributed by atoms with Crippen molar-refractivity contribution in [2.24, 2.45) is 10.2 Å². The number of aryl methyl sites for hydroxylation is 1. The fourth-order valence-corrected chi connectivity index (χ4v) is 3.76. The molecule has 0 saturated carbocycles. The summed E-state index contributed by atoms with van der Waals surface area (Å²) in [6.45, 7) is 5.86. The molecule has 0 bridgehead atoms. The van der Waals surface area contributed by atoms with Gasteiger partial charge in [-0.05, 0) is 43.7 Å². The second kappa shape index (κ2) is 11.4. The largest absolute Gasteiger partial charge is 0.248 e. The SMILES string of the molecule is CCCC(CC(C)F)c1ccc(C(=NN=Cc2ccc(C)cc2)c2ccccc2)cc1. The molecule has 3 rings (SSSR count). The zero-order valence-electron chi connectivity index (χ0n) is 18.6. The highest BCUT2D eigenvalue weighted by atomic mass is 19.1. The molecule has 0 aliphatic heterocycles. The van der Waals surface area contributed by atoms with Crippen LogP contribution in [-0.4, -0.2) is 18.1 Å². The zero-order chi connectivity index (χ0) is 22.1. The minimum Gasteiger partial charge on any atom is -0.248 e. The van der Waals surface area contributed by atoms with Crippen molar-refractivity contribution in [2.45, 2.75) is 52.1 Å². The third-order valence-electron chi connectivity index (χ3n) is 5.39. The highest BCUT2D eigenvalue weighted by Crippen LogP contribution is 2.28. The molecule has 31 heavy (non-hydrogen) atoms. The van der Waals surface area contributed by atoms with Crippen molar-refractivity contribution >= 4 is 11.9 Å². The maximum Gasteiger partial charge on any atom is 0.100 e. The number of rotatable bonds is 9. The van der Waals surface area contributed by atoms with Gasteiger partial charge in [0.25, 0.3) is 0 Å². The summed E-state index contributed by atoms with van der Waals surface area (Å²) in [6.07, 6.45) is 3.58. The van der Waals surface area contributed by atoms with Crippen LogP contribution in [-0.2, 0) is 0 Å². The summed E-state index contributed by atoms with van der Waals surface area (Å²) in [7, 11) is 0. The van der Waals surface area contributed by atoms with Crippen LogP contribution in [0, 0.1) is 6.92 Å². The van der Waals surface area contributed by atoms with Crippen molar-refractivity contribution in [1.82, 2.24) is 0 Å². The first kappa shape index (κ1) is 22.6. The fraction of sp³-hybridized carbons (Fsp3) is 0.286. The minimum atomic E-state index is -0.797. The predicted molar refractivity (Wildman–Crippen MR) is 130 cm³/mol. The van der Waals surface area contributed by atoms with E-state index in [4.69, 9.17) is 0 Å². The summed E-state index contributed by atoms with van der Waals surface area (Å²) >= 11 is 0. The zero-order valence-corrected chi connectivity index (χ0v) is 18.6. The molecule has 3 heteroatoms. The molecule has 0 heterocycles. The lowest BCUT2D eigenvalue weighted by atomic mass is 9.89. The molecule has 0 amide bonds. The lowest BCUT2D eigenvalue weighted by Gasteiger charge is -2.18. The molecule has 2 unspecified atom stereocenters. The van der Waals surface area contributed by atoms with E-state index >= 15 is 0 Å². The van der Waals surface area contributed by atoms with Crippen LogP contribution in [0.5, 0.6) is 0 Å². The highest BCUT2D eigenvalue weighted by Gasteiger charge is 2.15. The number of alkyl halides is 1. The first-order valence-electron chi connectivity index (χ1n) is 11.0. The first-order chi connectivity index (χ1) is 15.1. The number of benzene rings is 3. The number of halogens is 1. The van der Waals surface area contributed by atoms with E-state index in [2.05, 4.69) is 60.4 Å². The van der Waals surface area contributed by atoms with Crippen LogP contribution < -0.4 is 0 Å². The molecule has 3 aromatic carbocycles. The Balaban J connectivity index is 1.90. The molecule has 2 nitrogen and oxygen atoms in total. The summed E-state index contributed by atoms with van der Waals surface area (Å²) < 4.78 is 13.7. The molecule has 0 saturated heterocycles. The second-order valence-electron chi connectivity index (χ2n) is 8.09. The van der Waals surface area contributed by atoms with E-state index in [1.165, 1.54) is 11.1 Å². The van der Waals surface area contributed by atoms with Gasteiger partial charge in [-0.15, -0.1) is 5.10 Å². The molecule has 0 aliphatic rings. The van der Waals surface area contributed by atoms with E-state index in [1.54, 1.807) is 13.1 Å². The van der Waals surface area contributed by atoms with Crippen LogP contribution in [0.15, 0.2) is 89.1 Å². The Morgan fingerprint density at radius 1 is 0.903 bits per heavy atom. The predicted octanol–water partition coefficient (Wildman–Crippen LogP) is 7.50. The lowest BCUT2D eigenvalue weighted by molar-refractivity contribution is 0.312. The third kappa shape index (κ3) is 6.71. The van der Waals surface area contributed by atoms with Gasteiger partial charge in [0, 0.05) is 11.1 Å². The van der Waals surface area contributed by atoms with Gasteiger partial charge in [-0.25, -0.2) is 4.39 Å². The maximum atomic E-state index is 13.7. The van der Waals surface area contributed by atoms with E-state index in [0.717, 1.165) is 35.2 Å². The molecule has 160 valence electrons. The standard InChI is InChI=1S/C28H31FN2/c1-4-8-27(19-22(3)29)24-15-17-26(18-16-24)28(25-9-6-5-7-10-25)31-30-20-23-13-11-21(2)12-14-23/h5-7,9-18,20,22,27H,4,8,19H2,1-3H3. The monoisotopic (exact) mass is 414 g/mol. The molecule has 0 fully saturated rings. The Kier molecular flexibility index (Phi) is 8.28. The topological polar surface area (TPSA) is 24.7 Å². The molecular formula is C28H31FN2. The van der Waals surface area contributed by atoms with Crippen LogP contribution in [0.2, 0.25) is 0 Å². The van der Waals surface area contributed by atoms with Crippen LogP contribution in [0.3, 0.4) is 0 Å². The van der Waals surface area contributed by atoms with Crippen molar-refractivity contribution < 1.29 is 4.39 Å². The minimum absolute atomic E-state index is 0.246. The summed E-state index contributed by atoms with van der Waals surface area (Å²) in [4.78, 5) is 0. The Morgan fingerprint density at radius 3 is 2.16 bits per heavy atom. The average Bonchev–Trinajstić information content (AvgIpc) is 2.78. The van der Waals surface area contributed by atoms with Crippen LogP contribution >= 0.6 is 0 Å². The van der Waals surface area contributed by atoms with Gasteiger partial charge in [0.2, 0.25) is 0 Å². The van der Waals surface area contributed by atoms with E-state index in [0.29, 0.717) is 6.42 Å². The van der Waals surface area contributed by atoms with Crippen molar-refractivity contribution in [3.8, 4) is 0 Å². The number of hydrogen-bond acceptors (Lipinski definition) is 2. The van der Waals surface area contributed by atoms with Gasteiger partial charge < -0.3 is 0 Å². The van der Waals surface area contributed by atoms with Gasteiger partial charge in [-0.3, -0.25) is 0 Å². The van der Waals surface area contributed by atoms with E-state index in [-0.39, 0.29) is 5.92 Å². The summed E-state index contributed by atoms with van der Waals surface area (Å²) in [5.41, 5.74) is 6.25. The molecule has 0 radical (unpaired) electrons. The van der Waals surface area contributed by atoms with Crippen molar-refractivity contribution in [2.75, 3.05) is 0 Å². The normalized spacial score (nSPS) is 14.0. The molecule has 0 N–H and O–H groups in total. The quantitative estimate of drug-likeness (QED) is 0.256. The molecule has 0 spiro atoms. The smallest absolute Gasteiger partial charge is 0.100 e. The Bertz CT molecular complexity index is 987. The number of hydrogen-bond donors (Lipinski definition) is 0. The van der Waals surface area contributed by atoms with Crippen LogP contribution in [0.25, 0.3) is 0 Å². The first-order valence-corrected chi connectivity index (χ1v) is 11.0. The van der Waals surface area contributed by atoms with Crippen molar-refractivity contribution in [3.05, 3.63) is 107 Å². The van der Waals surface area contributed by atoms with E-state index < -0.39 is 6.17 Å². The van der Waals surface area contributed by atoms with Crippen molar-refractivity contribution in [3.63, 3.8) is 0 Å². The summed E-state index contributed by atoms with van der Waals surface area (Å²) in [5.74, 6) is 0.246. The lowest BCUT2D eigenvalue weighted by Crippen LogP contribution is -2.07. The van der Waals surface area contributed by atoms with E-state index in [9.17, 15) is 4.39 Å². The van der Waals surface area contributed by atoms with Gasteiger partial charge in [0.15, 0.2) is 0 Å². The molecule has 3 aromatic rings. The van der Waals surface area contributed by atoms with Gasteiger partial charge >= 0.3 is 0 Å². The van der Waals surface area contributed by atoms with Gasteiger partial charge in [-0.1, -0.05) is 97.8 Å². The Morgan fingerprint density at radius 2 is 1.55 bits per heavy atom. The summed E-state index contributed by atoms with van der Waals surface area (Å²) in [5, 5.41) is 8.93. The highest BCUT2D eigenvalue weighted by molar-refractivity contribution is 6.13. The average molecular weight is 415 g/mol. The molecule has 0 aromatic heterocycles. The van der Waals surface area contributed by atoms with Crippen molar-refractivity contribution in [1.29, 1.82) is 0 Å². The van der Waals surface area contributed by atoms with Gasteiger partial charge in [-0.2, -0.15) is 5.10 Å². The molecule has 2 atom stereocenters. The van der Waals surface area contributed by atoms with E-state index in [1.807, 2.05) is 42.5 Å². The number of nitrogens with zero attached hydrogens (tertiary/aromatic N) is 2. The van der Waals surface area contributed by atoms with Gasteiger partial charge in [0.1, 0.15) is 5.71 Å². The third-order valence-corrected chi connectivity index (χ3v) is 5.39. The molecule has 0 aliphatic carbocycles. The Labute approximate surface area is 185 Å². The second-order valence-corrected chi connectivity index (χ2v) is 8.09. The molecular weight excluding hydrogens is 383 g/mol. The summed E-state index contributed by atoms with van der Waals surface area (Å²) in [6, 6.07) is 26.6. The van der Waals surface area contributed by atoms with Crippen LogP contribution in [0.4, 0.5) is 4.39 Å². The maximum absolute atomic E-state index is 13.7. The van der Waals surface area contributed by atoms with Crippen LogP contribution in [0.1, 0.15) is 66.8 Å². The Hall–Kier alpha value is -3.07.